The normalized spacial score (nSPS) is 24.3. The fraction of sp³-hybridized carbons (Fsp3) is 0.231. The van der Waals surface area contributed by atoms with E-state index in [2.05, 4.69) is 481 Å². The van der Waals surface area contributed by atoms with Crippen LogP contribution in [0.15, 0.2) is 405 Å². The van der Waals surface area contributed by atoms with Crippen molar-refractivity contribution in [2.45, 2.75) is 167 Å². The van der Waals surface area contributed by atoms with Gasteiger partial charge in [-0.05, 0) is 299 Å². The molecule has 9 unspecified atom stereocenters. The van der Waals surface area contributed by atoms with Crippen LogP contribution in [-0.2, 0) is 16.2 Å². The Morgan fingerprint density at radius 3 is 1.48 bits per heavy atom. The highest BCUT2D eigenvalue weighted by atomic mass is 15.3. The van der Waals surface area contributed by atoms with E-state index in [0.717, 1.165) is 63.5 Å². The molecule has 12 aliphatic rings. The number of anilines is 14. The van der Waals surface area contributed by atoms with Crippen LogP contribution in [0.1, 0.15) is 154 Å². The van der Waals surface area contributed by atoms with E-state index in [1.165, 1.54) is 209 Å². The number of para-hydroxylation sites is 3. The first kappa shape index (κ1) is 84.4. The monoisotopic (exact) mass is 1780 g/mol. The molecule has 0 amide bonds. The number of allylic oxidation sites excluding steroid dienone is 16. The number of aryl methyl sites for hydroxylation is 2. The zero-order valence-corrected chi connectivity index (χ0v) is 81.2. The minimum atomic E-state index is -0.374. The lowest BCUT2D eigenvalue weighted by molar-refractivity contribution is 0.157. The first-order valence-electron chi connectivity index (χ1n) is 51.1. The zero-order valence-electron chi connectivity index (χ0n) is 81.2. The van der Waals surface area contributed by atoms with Crippen LogP contribution in [0.5, 0.6) is 0 Å². The minimum absolute atomic E-state index is 0.0843. The number of hydrogen-bond acceptors (Lipinski definition) is 6. The molecule has 26 rings (SSSR count). The van der Waals surface area contributed by atoms with E-state index in [1.54, 1.807) is 5.57 Å². The second kappa shape index (κ2) is 31.7. The lowest BCUT2D eigenvalue weighted by Gasteiger charge is -2.55. The lowest BCUT2D eigenvalue weighted by Crippen LogP contribution is -2.65. The molecule has 8 heteroatoms. The number of rotatable bonds is 15. The molecule has 674 valence electrons. The molecular formula is C130H118B2N6. The molecular weight excluding hydrogens is 1670 g/mol. The van der Waals surface area contributed by atoms with E-state index >= 15 is 0 Å². The number of fused-ring (bicyclic) bond motifs is 14. The maximum atomic E-state index is 2.99. The molecule has 2 saturated carbocycles. The Bertz CT molecular complexity index is 7620. The lowest BCUT2D eigenvalue weighted by atomic mass is 9.33. The van der Waals surface area contributed by atoms with Crippen LogP contribution in [0.2, 0.25) is 0 Å². The molecule has 6 heterocycles. The summed E-state index contributed by atoms with van der Waals surface area (Å²) in [5, 5.41) is 0. The Balaban J connectivity index is 0.637. The molecule has 0 aromatic heterocycles. The highest BCUT2D eigenvalue weighted by Crippen LogP contribution is 2.67. The van der Waals surface area contributed by atoms with Crippen molar-refractivity contribution in [1.29, 1.82) is 0 Å². The van der Waals surface area contributed by atoms with Crippen molar-refractivity contribution in [3.05, 3.63) is 433 Å². The third-order valence-corrected chi connectivity index (χ3v) is 35.6. The van der Waals surface area contributed by atoms with E-state index in [-0.39, 0.29) is 46.2 Å². The molecule has 14 aromatic carbocycles. The summed E-state index contributed by atoms with van der Waals surface area (Å²) >= 11 is 0. The average Bonchev–Trinajstić information content (AvgIpc) is 1.49. The van der Waals surface area contributed by atoms with Crippen molar-refractivity contribution in [2.24, 2.45) is 23.2 Å². The fourth-order valence-corrected chi connectivity index (χ4v) is 28.3. The van der Waals surface area contributed by atoms with Crippen LogP contribution in [-0.4, -0.2) is 24.5 Å². The van der Waals surface area contributed by atoms with Crippen molar-refractivity contribution >= 4 is 126 Å². The molecule has 0 saturated heterocycles. The van der Waals surface area contributed by atoms with Gasteiger partial charge in [-0.2, -0.15) is 0 Å². The summed E-state index contributed by atoms with van der Waals surface area (Å²) in [6.07, 6.45) is 40.5. The van der Waals surface area contributed by atoms with Gasteiger partial charge in [0, 0.05) is 113 Å². The van der Waals surface area contributed by atoms with Crippen LogP contribution < -0.4 is 62.2 Å². The highest BCUT2D eigenvalue weighted by Gasteiger charge is 2.65. The van der Waals surface area contributed by atoms with Gasteiger partial charge in [0.2, 0.25) is 0 Å². The Hall–Kier alpha value is -14.1. The van der Waals surface area contributed by atoms with Gasteiger partial charge in [0.25, 0.3) is 13.4 Å². The first-order valence-corrected chi connectivity index (χ1v) is 51.1. The van der Waals surface area contributed by atoms with Crippen molar-refractivity contribution in [2.75, 3.05) is 29.4 Å². The quantitative estimate of drug-likeness (QED) is 0.0946. The maximum Gasteiger partial charge on any atom is 0.252 e. The van der Waals surface area contributed by atoms with E-state index < -0.39 is 0 Å². The van der Waals surface area contributed by atoms with E-state index in [9.17, 15) is 0 Å². The van der Waals surface area contributed by atoms with Gasteiger partial charge >= 0.3 is 0 Å². The largest absolute Gasteiger partial charge is 0.335 e. The molecule has 6 aliphatic carbocycles. The van der Waals surface area contributed by atoms with Crippen molar-refractivity contribution in [3.63, 3.8) is 0 Å². The van der Waals surface area contributed by atoms with Gasteiger partial charge in [-0.25, -0.2) is 0 Å². The Kier molecular flexibility index (Phi) is 19.4. The van der Waals surface area contributed by atoms with E-state index in [4.69, 9.17) is 0 Å². The Labute approximate surface area is 817 Å². The predicted molar refractivity (Wildman–Crippen MR) is 586 cm³/mol. The van der Waals surface area contributed by atoms with Gasteiger partial charge in [0.15, 0.2) is 0 Å². The summed E-state index contributed by atoms with van der Waals surface area (Å²) in [6.45, 7) is 25.0. The summed E-state index contributed by atoms with van der Waals surface area (Å²) in [5.41, 5.74) is 46.5. The topological polar surface area (TPSA) is 19.4 Å². The summed E-state index contributed by atoms with van der Waals surface area (Å²) in [5.74, 6) is 1.08. The number of benzene rings is 14. The Morgan fingerprint density at radius 1 is 0.377 bits per heavy atom. The van der Waals surface area contributed by atoms with Gasteiger partial charge in [-0.15, -0.1) is 0 Å². The van der Waals surface area contributed by atoms with Crippen molar-refractivity contribution < 1.29 is 0 Å². The Morgan fingerprint density at radius 2 is 0.891 bits per heavy atom. The molecule has 138 heavy (non-hydrogen) atoms. The molecule has 0 bridgehead atoms. The van der Waals surface area contributed by atoms with Crippen molar-refractivity contribution in [1.82, 2.24) is 0 Å². The van der Waals surface area contributed by atoms with Crippen LogP contribution in [0, 0.1) is 37.0 Å². The fourth-order valence-electron chi connectivity index (χ4n) is 28.3. The predicted octanol–water partition coefficient (Wildman–Crippen LogP) is 29.9. The van der Waals surface area contributed by atoms with Crippen LogP contribution in [0.25, 0.3) is 44.5 Å². The molecule has 9 atom stereocenters. The summed E-state index contributed by atoms with van der Waals surface area (Å²) in [4.78, 5) is 16.7. The molecule has 0 spiro atoms. The number of hydrogen-bond donors (Lipinski definition) is 0. The van der Waals surface area contributed by atoms with Gasteiger partial charge in [-0.1, -0.05) is 351 Å². The minimum Gasteiger partial charge on any atom is -0.335 e. The molecule has 0 N–H and O–H groups in total. The molecule has 2 fully saturated rings. The average molecular weight is 1790 g/mol. The van der Waals surface area contributed by atoms with Crippen LogP contribution in [0.3, 0.4) is 0 Å². The standard InChI is InChI=1S/C130H118B2N6/c1-85-38-34-54-101(70-85)133(100-52-24-15-25-53-100)104-78-118-122-119(80-104)138-124-108(72-98(92-48-22-14-23-49-92)74-112(124)132(122)110-63-61-94(90-44-18-12-19-45-90)76-116(110)135(118)103-56-37-66-126(6,84-103)106-57-29-26-39-86(106)2)128(8)83-96(64-69-130(128,138)10)95-50-36-65-125(5,82-95)99-51-35-55-102(77-99)134-115-75-93(89-42-16-11-17-43-89)60-62-109(115)131-111-73-97(91-46-20-13-21-47-91)71-107-123(111)137(129(9)68-33-32-67-127(107,129)7)120-81-105(79-117(134)121(120)131)136(113-58-30-27-40-87(113)3)114-59-31-28-41-88(114)4/h11-31,34-38,40-63,65-66,71-81,85-86,96H,32-33,39,64,67-70,82-84H2,1-10H3. The second-order valence-electron chi connectivity index (χ2n) is 43.6. The SMILES string of the molecule is Cc1ccccc1N(c1cc2c3c(c1)N1c4c(cc(-c5ccccc5)cc4C4(C)CCCCC14C)B3c1ccc(-c3ccccc3)cc1N2c1cccc(C2(C)C=CC=C(C3CCC4(C)N5c6cc(N(C7=CC=CC(C)C7)c7ccccc7)cc7c6B(c6ccc(-c8ccccc8)cc6N7C6=CC=CC(C)(C7=CC=CCC7C)C6)c6cc(-c7ccccc7)cc(c65)C4(C)C3)C2)c1)c1ccccc1C. The van der Waals surface area contributed by atoms with Crippen LogP contribution in [0.4, 0.5) is 79.6 Å². The van der Waals surface area contributed by atoms with Gasteiger partial charge in [0.1, 0.15) is 0 Å². The summed E-state index contributed by atoms with van der Waals surface area (Å²) < 4.78 is 0. The second-order valence-corrected chi connectivity index (χ2v) is 43.6. The van der Waals surface area contributed by atoms with Gasteiger partial charge < -0.3 is 29.4 Å². The van der Waals surface area contributed by atoms with Crippen molar-refractivity contribution in [3.8, 4) is 44.5 Å². The third-order valence-electron chi connectivity index (χ3n) is 35.6. The molecule has 6 aliphatic heterocycles. The zero-order chi connectivity index (χ0) is 93.0. The molecule has 0 radical (unpaired) electrons. The number of nitrogens with zero attached hydrogens (tertiary/aromatic N) is 6. The molecule has 14 aromatic rings. The van der Waals surface area contributed by atoms with Crippen LogP contribution >= 0.6 is 0 Å². The molecule has 6 nitrogen and oxygen atoms in total. The van der Waals surface area contributed by atoms with E-state index in [1.807, 2.05) is 0 Å². The first-order chi connectivity index (χ1) is 67.2. The van der Waals surface area contributed by atoms with Gasteiger partial charge in [-0.3, -0.25) is 0 Å². The van der Waals surface area contributed by atoms with Gasteiger partial charge in [0.05, 0.1) is 16.8 Å². The summed E-state index contributed by atoms with van der Waals surface area (Å²) in [6, 6.07) is 121. The third kappa shape index (κ3) is 12.7. The highest BCUT2D eigenvalue weighted by molar-refractivity contribution is 7.01. The summed E-state index contributed by atoms with van der Waals surface area (Å²) in [7, 11) is 0. The van der Waals surface area contributed by atoms with E-state index in [0.29, 0.717) is 17.8 Å². The smallest absolute Gasteiger partial charge is 0.252 e. The maximum absolute atomic E-state index is 2.99.